The Balaban J connectivity index is 1.91. The van der Waals surface area contributed by atoms with E-state index in [-0.39, 0.29) is 11.8 Å². The minimum absolute atomic E-state index is 0.355. The maximum atomic E-state index is 12.0. The van der Waals surface area contributed by atoms with Crippen LogP contribution in [0.4, 0.5) is 0 Å². The lowest BCUT2D eigenvalue weighted by Crippen LogP contribution is -2.19. The van der Waals surface area contributed by atoms with Crippen LogP contribution in [0.15, 0.2) is 35.7 Å². The van der Waals surface area contributed by atoms with Crippen molar-refractivity contribution in [3.63, 3.8) is 0 Å². The van der Waals surface area contributed by atoms with Gasteiger partial charge in [-0.25, -0.2) is 4.79 Å². The number of amides is 1. The number of ether oxygens (including phenoxy) is 1. The van der Waals surface area contributed by atoms with Crippen LogP contribution in [-0.2, 0) is 22.6 Å². The number of fused-ring (bicyclic) bond motifs is 3. The second-order valence-electron chi connectivity index (χ2n) is 6.35. The van der Waals surface area contributed by atoms with Crippen LogP contribution in [0.3, 0.4) is 0 Å². The fraction of sp³-hybridized carbons (Fsp3) is 0.263. The minimum atomic E-state index is -1.04. The molecule has 0 saturated carbocycles. The van der Waals surface area contributed by atoms with Crippen LogP contribution >= 0.6 is 11.3 Å². The van der Waals surface area contributed by atoms with Gasteiger partial charge in [-0.1, -0.05) is 12.1 Å². The van der Waals surface area contributed by atoms with Crippen molar-refractivity contribution < 1.29 is 19.4 Å². The summed E-state index contributed by atoms with van der Waals surface area (Å²) in [7, 11) is 0. The molecule has 1 aromatic carbocycles. The van der Waals surface area contributed by atoms with E-state index in [2.05, 4.69) is 10.6 Å². The highest BCUT2D eigenvalue weighted by Crippen LogP contribution is 2.44. The van der Waals surface area contributed by atoms with Crippen LogP contribution < -0.4 is 10.5 Å². The normalized spacial score (nSPS) is 15.9. The van der Waals surface area contributed by atoms with Crippen molar-refractivity contribution in [2.45, 2.75) is 25.3 Å². The summed E-state index contributed by atoms with van der Waals surface area (Å²) in [6.07, 6.45) is 1.44. The topological polar surface area (TPSA) is 94.6 Å². The molecule has 0 spiro atoms. The number of hydrogen-bond donors (Lipinski definition) is 2. The number of aromatic nitrogens is 1. The summed E-state index contributed by atoms with van der Waals surface area (Å²) in [4.78, 5) is 24.1. The van der Waals surface area contributed by atoms with E-state index < -0.39 is 12.6 Å². The number of benzene rings is 1. The number of carbonyl (C=O) groups is 2. The summed E-state index contributed by atoms with van der Waals surface area (Å²) < 4.78 is 7.72. The van der Waals surface area contributed by atoms with E-state index in [0.29, 0.717) is 18.7 Å². The second kappa shape index (κ2) is 6.49. The summed E-state index contributed by atoms with van der Waals surface area (Å²) in [5.41, 5.74) is 8.56. The van der Waals surface area contributed by atoms with Crippen molar-refractivity contribution in [1.82, 2.24) is 4.57 Å². The third-order valence-corrected chi connectivity index (χ3v) is 5.67. The maximum absolute atomic E-state index is 12.0. The Bertz CT molecular complexity index is 991. The van der Waals surface area contributed by atoms with E-state index in [1.54, 1.807) is 17.4 Å². The highest BCUT2D eigenvalue weighted by molar-refractivity contribution is 7.09. The third-order valence-electron chi connectivity index (χ3n) is 4.81. The van der Waals surface area contributed by atoms with Gasteiger partial charge in [0.15, 0.2) is 6.61 Å². The smallest absolute Gasteiger partial charge is 0.341 e. The van der Waals surface area contributed by atoms with Gasteiger partial charge in [-0.15, -0.1) is 11.3 Å². The molecular weight excluding hydrogens is 352 g/mol. The maximum Gasteiger partial charge on any atom is 0.341 e. The van der Waals surface area contributed by atoms with Gasteiger partial charge in [0.2, 0.25) is 5.91 Å². The molecule has 2 heterocycles. The van der Waals surface area contributed by atoms with Crippen molar-refractivity contribution in [3.05, 3.63) is 51.8 Å². The average molecular weight is 370 g/mol. The molecule has 0 saturated heterocycles. The second-order valence-corrected chi connectivity index (χ2v) is 7.38. The number of carboxylic acids is 1. The molecule has 1 amide bonds. The lowest BCUT2D eigenvalue weighted by atomic mass is 9.99. The van der Waals surface area contributed by atoms with Gasteiger partial charge in [0, 0.05) is 16.0 Å². The van der Waals surface area contributed by atoms with Crippen LogP contribution in [0.2, 0.25) is 0 Å². The van der Waals surface area contributed by atoms with Gasteiger partial charge in [0.1, 0.15) is 5.75 Å². The van der Waals surface area contributed by atoms with Crippen molar-refractivity contribution in [1.29, 1.82) is 0 Å². The summed E-state index contributed by atoms with van der Waals surface area (Å²) in [5, 5.41) is 11.8. The highest BCUT2D eigenvalue weighted by Gasteiger charge is 2.34. The highest BCUT2D eigenvalue weighted by atomic mass is 32.1. The zero-order valence-electron chi connectivity index (χ0n) is 14.0. The molecule has 1 atom stereocenters. The first kappa shape index (κ1) is 16.7. The van der Waals surface area contributed by atoms with Gasteiger partial charge in [-0.3, -0.25) is 4.79 Å². The van der Waals surface area contributed by atoms with E-state index in [4.69, 9.17) is 15.6 Å². The molecule has 0 fully saturated rings. The van der Waals surface area contributed by atoms with Gasteiger partial charge >= 0.3 is 5.97 Å². The molecule has 1 aliphatic rings. The Hall–Kier alpha value is -2.80. The molecule has 6 nitrogen and oxygen atoms in total. The molecule has 2 aromatic heterocycles. The third kappa shape index (κ3) is 2.74. The molecule has 26 heavy (non-hydrogen) atoms. The molecule has 1 aliphatic carbocycles. The quantitative estimate of drug-likeness (QED) is 0.697. The summed E-state index contributed by atoms with van der Waals surface area (Å²) in [6, 6.07) is 9.66. The molecule has 0 aliphatic heterocycles. The number of primary amides is 1. The molecular formula is C19H18N2O4S. The summed E-state index contributed by atoms with van der Waals surface area (Å²) >= 11 is 1.68. The van der Waals surface area contributed by atoms with Crippen molar-refractivity contribution in [3.8, 4) is 5.75 Å². The molecule has 0 radical (unpaired) electrons. The first-order valence-electron chi connectivity index (χ1n) is 8.36. The minimum Gasteiger partial charge on any atom is -0.481 e. The Labute approximate surface area is 153 Å². The van der Waals surface area contributed by atoms with Crippen molar-refractivity contribution in [2.24, 2.45) is 5.73 Å². The molecule has 0 bridgehead atoms. The fourth-order valence-electron chi connectivity index (χ4n) is 3.80. The van der Waals surface area contributed by atoms with E-state index in [9.17, 15) is 9.59 Å². The van der Waals surface area contributed by atoms with Gasteiger partial charge in [0.05, 0.1) is 18.0 Å². The van der Waals surface area contributed by atoms with E-state index >= 15 is 0 Å². The average Bonchev–Trinajstić information content (AvgIpc) is 3.31. The Morgan fingerprint density at radius 1 is 1.31 bits per heavy atom. The van der Waals surface area contributed by atoms with Gasteiger partial charge in [-0.2, -0.15) is 0 Å². The lowest BCUT2D eigenvalue weighted by molar-refractivity contribution is -0.139. The van der Waals surface area contributed by atoms with Crippen LogP contribution in [0.1, 0.15) is 28.5 Å². The first-order valence-corrected chi connectivity index (χ1v) is 9.24. The zero-order valence-corrected chi connectivity index (χ0v) is 14.8. The number of nitrogens with zero attached hydrogens (tertiary/aromatic N) is 1. The number of carbonyl (C=O) groups excluding carboxylic acids is 1. The molecule has 4 rings (SSSR count). The fourth-order valence-corrected chi connectivity index (χ4v) is 4.50. The zero-order chi connectivity index (χ0) is 18.3. The lowest BCUT2D eigenvalue weighted by Gasteiger charge is -2.11. The summed E-state index contributed by atoms with van der Waals surface area (Å²) in [5.74, 6) is -1.28. The molecule has 3 aromatic rings. The molecule has 3 N–H and O–H groups in total. The van der Waals surface area contributed by atoms with Crippen molar-refractivity contribution in [2.75, 3.05) is 6.61 Å². The van der Waals surface area contributed by atoms with E-state index in [0.717, 1.165) is 28.6 Å². The Kier molecular flexibility index (Phi) is 4.16. The van der Waals surface area contributed by atoms with Crippen LogP contribution in [0, 0.1) is 0 Å². The largest absolute Gasteiger partial charge is 0.481 e. The number of thiophene rings is 1. The summed E-state index contributed by atoms with van der Waals surface area (Å²) in [6.45, 7) is 0.280. The number of hydrogen-bond acceptors (Lipinski definition) is 4. The van der Waals surface area contributed by atoms with Crippen molar-refractivity contribution >= 4 is 34.1 Å². The van der Waals surface area contributed by atoms with Gasteiger partial charge < -0.3 is 20.1 Å². The number of aliphatic carboxylic acids is 1. The number of nitrogens with two attached hydrogens (primary N) is 1. The van der Waals surface area contributed by atoms with E-state index in [1.807, 2.05) is 23.6 Å². The Morgan fingerprint density at radius 3 is 2.85 bits per heavy atom. The monoisotopic (exact) mass is 370 g/mol. The predicted octanol–water partition coefficient (Wildman–Crippen LogP) is 2.73. The number of rotatable bonds is 6. The molecule has 1 unspecified atom stereocenters. The van der Waals surface area contributed by atoms with Gasteiger partial charge in [-0.05, 0) is 42.0 Å². The number of carboxylic acid groups (broad SMARTS) is 1. The van der Waals surface area contributed by atoms with Crippen LogP contribution in [0.25, 0.3) is 10.9 Å². The Morgan fingerprint density at radius 2 is 2.15 bits per heavy atom. The van der Waals surface area contributed by atoms with E-state index in [1.165, 1.54) is 4.88 Å². The standard InChI is InChI=1S/C19H18N2O4S/c20-19(24)12-6-7-14-17(12)18-13(21(14)9-11-3-2-8-26-11)4-1-5-15(18)25-10-16(22)23/h1-5,8,12H,6-7,9-10H2,(H2,20,24)(H,22,23). The van der Waals surface area contributed by atoms with Gasteiger partial charge in [0.25, 0.3) is 0 Å². The first-order chi connectivity index (χ1) is 12.6. The van der Waals surface area contributed by atoms with Crippen LogP contribution in [-0.4, -0.2) is 28.2 Å². The SMILES string of the molecule is NC(=O)C1CCc2c1c1c(OCC(=O)O)cccc1n2Cc1cccs1. The molecule has 7 heteroatoms. The molecule has 134 valence electrons. The van der Waals surface area contributed by atoms with Crippen LogP contribution in [0.5, 0.6) is 5.75 Å². The predicted molar refractivity (Wildman–Crippen MR) is 98.7 cm³/mol.